The van der Waals surface area contributed by atoms with E-state index in [4.69, 9.17) is 10.00 Å². The van der Waals surface area contributed by atoms with Crippen molar-refractivity contribution < 1.29 is 4.74 Å². The van der Waals surface area contributed by atoms with Crippen LogP contribution >= 0.6 is 15.9 Å². The lowest BCUT2D eigenvalue weighted by atomic mass is 10.2. The molecule has 1 rings (SSSR count). The highest BCUT2D eigenvalue weighted by atomic mass is 79.9. The van der Waals surface area contributed by atoms with Gasteiger partial charge in [-0.05, 0) is 46.5 Å². The lowest BCUT2D eigenvalue weighted by Gasteiger charge is -2.11. The molecule has 0 heterocycles. The lowest BCUT2D eigenvalue weighted by molar-refractivity contribution is 0.305. The summed E-state index contributed by atoms with van der Waals surface area (Å²) in [5, 5.41) is 11.8. The Kier molecular flexibility index (Phi) is 7.54. The molecule has 0 saturated carbocycles. The molecule has 1 aromatic carbocycles. The van der Waals surface area contributed by atoms with Crippen LogP contribution in [0.15, 0.2) is 22.7 Å². The van der Waals surface area contributed by atoms with Crippen molar-refractivity contribution in [2.45, 2.75) is 45.7 Å². The molecule has 0 fully saturated rings. The maximum Gasteiger partial charge on any atom is 0.133 e. The second-order valence-corrected chi connectivity index (χ2v) is 5.62. The van der Waals surface area contributed by atoms with Crippen LogP contribution in [0.2, 0.25) is 0 Å². The highest BCUT2D eigenvalue weighted by Crippen LogP contribution is 2.26. The average molecular weight is 325 g/mol. The molecule has 0 spiro atoms. The molecule has 0 amide bonds. The summed E-state index contributed by atoms with van der Waals surface area (Å²) >= 11 is 3.53. The molecule has 3 nitrogen and oxygen atoms in total. The van der Waals surface area contributed by atoms with Gasteiger partial charge in [0.15, 0.2) is 0 Å². The quantitative estimate of drug-likeness (QED) is 0.734. The van der Waals surface area contributed by atoms with Crippen molar-refractivity contribution in [1.82, 2.24) is 5.32 Å². The molecule has 0 atom stereocenters. The topological polar surface area (TPSA) is 45.0 Å². The van der Waals surface area contributed by atoms with Crippen molar-refractivity contribution in [1.29, 1.82) is 5.26 Å². The third kappa shape index (κ3) is 6.60. The standard InChI is InChI=1S/C15H21BrN2O/c1-12(2)18-11-13-6-7-15(14(16)10-13)19-9-5-3-4-8-17/h6-7,10,12,18H,3-5,9,11H2,1-2H3. The largest absolute Gasteiger partial charge is 0.492 e. The van der Waals surface area contributed by atoms with E-state index in [1.165, 1.54) is 5.56 Å². The Morgan fingerprint density at radius 2 is 2.16 bits per heavy atom. The summed E-state index contributed by atoms with van der Waals surface area (Å²) in [6.45, 7) is 5.78. The van der Waals surface area contributed by atoms with E-state index in [1.54, 1.807) is 0 Å². The minimum atomic E-state index is 0.481. The Hall–Kier alpha value is -1.05. The smallest absolute Gasteiger partial charge is 0.133 e. The maximum absolute atomic E-state index is 8.44. The molecule has 104 valence electrons. The minimum absolute atomic E-state index is 0.481. The normalized spacial score (nSPS) is 10.5. The second-order valence-electron chi connectivity index (χ2n) is 4.76. The molecule has 1 N–H and O–H groups in total. The van der Waals surface area contributed by atoms with E-state index in [1.807, 2.05) is 6.07 Å². The fourth-order valence-electron chi connectivity index (χ4n) is 1.58. The molecule has 4 heteroatoms. The van der Waals surface area contributed by atoms with Gasteiger partial charge in [0.1, 0.15) is 5.75 Å². The van der Waals surface area contributed by atoms with E-state index in [2.05, 4.69) is 53.3 Å². The van der Waals surface area contributed by atoms with Gasteiger partial charge in [-0.1, -0.05) is 19.9 Å². The first-order chi connectivity index (χ1) is 9.13. The Balaban J connectivity index is 2.41. The number of nitrogens with zero attached hydrogens (tertiary/aromatic N) is 1. The zero-order chi connectivity index (χ0) is 14.1. The zero-order valence-corrected chi connectivity index (χ0v) is 13.2. The van der Waals surface area contributed by atoms with E-state index in [-0.39, 0.29) is 0 Å². The van der Waals surface area contributed by atoms with E-state index in [9.17, 15) is 0 Å². The molecule has 0 radical (unpaired) electrons. The van der Waals surface area contributed by atoms with Crippen LogP contribution in [0.1, 0.15) is 38.7 Å². The average Bonchev–Trinajstić information content (AvgIpc) is 2.38. The van der Waals surface area contributed by atoms with Crippen LogP contribution in [-0.2, 0) is 6.54 Å². The van der Waals surface area contributed by atoms with Gasteiger partial charge in [0.25, 0.3) is 0 Å². The Bertz CT molecular complexity index is 427. The third-order valence-corrected chi connectivity index (χ3v) is 3.27. The maximum atomic E-state index is 8.44. The van der Waals surface area contributed by atoms with Gasteiger partial charge in [0, 0.05) is 19.0 Å². The molecule has 1 aromatic rings. The lowest BCUT2D eigenvalue weighted by Crippen LogP contribution is -2.21. The molecule has 0 unspecified atom stereocenters. The number of ether oxygens (including phenoxy) is 1. The van der Waals surface area contributed by atoms with Crippen LogP contribution in [0.4, 0.5) is 0 Å². The number of hydrogen-bond donors (Lipinski definition) is 1. The van der Waals surface area contributed by atoms with Gasteiger partial charge in [-0.15, -0.1) is 0 Å². The number of nitriles is 1. The highest BCUT2D eigenvalue weighted by Gasteiger charge is 2.03. The van der Waals surface area contributed by atoms with Crippen molar-refractivity contribution in [2.75, 3.05) is 6.61 Å². The number of rotatable bonds is 8. The highest BCUT2D eigenvalue weighted by molar-refractivity contribution is 9.10. The minimum Gasteiger partial charge on any atom is -0.492 e. The van der Waals surface area contributed by atoms with Crippen molar-refractivity contribution in [3.05, 3.63) is 28.2 Å². The molecule has 0 saturated heterocycles. The third-order valence-electron chi connectivity index (χ3n) is 2.65. The van der Waals surface area contributed by atoms with Crippen molar-refractivity contribution >= 4 is 15.9 Å². The van der Waals surface area contributed by atoms with Crippen LogP contribution < -0.4 is 10.1 Å². The number of unbranched alkanes of at least 4 members (excludes halogenated alkanes) is 2. The van der Waals surface area contributed by atoms with E-state index in [0.29, 0.717) is 19.1 Å². The summed E-state index contributed by atoms with van der Waals surface area (Å²) in [6, 6.07) is 8.77. The second kappa shape index (κ2) is 8.95. The van der Waals surface area contributed by atoms with Crippen LogP contribution in [0.25, 0.3) is 0 Å². The molecular weight excluding hydrogens is 304 g/mol. The summed E-state index contributed by atoms with van der Waals surface area (Å²) in [5.74, 6) is 0.866. The van der Waals surface area contributed by atoms with Gasteiger partial charge in [0.05, 0.1) is 17.1 Å². The van der Waals surface area contributed by atoms with Gasteiger partial charge < -0.3 is 10.1 Å². The summed E-state index contributed by atoms with van der Waals surface area (Å²) in [7, 11) is 0. The molecule has 0 aliphatic heterocycles. The summed E-state index contributed by atoms with van der Waals surface area (Å²) in [4.78, 5) is 0. The number of hydrogen-bond acceptors (Lipinski definition) is 3. The first-order valence-electron chi connectivity index (χ1n) is 6.65. The molecular formula is C15H21BrN2O. The predicted octanol–water partition coefficient (Wildman–Crippen LogP) is 4.02. The predicted molar refractivity (Wildman–Crippen MR) is 81.1 cm³/mol. The van der Waals surface area contributed by atoms with Crippen molar-refractivity contribution in [3.63, 3.8) is 0 Å². The number of nitrogens with one attached hydrogen (secondary N) is 1. The SMILES string of the molecule is CC(C)NCc1ccc(OCCCCC#N)c(Br)c1. The Labute approximate surface area is 124 Å². The summed E-state index contributed by atoms with van der Waals surface area (Å²) in [5.41, 5.74) is 1.23. The first-order valence-corrected chi connectivity index (χ1v) is 7.44. The monoisotopic (exact) mass is 324 g/mol. The van der Waals surface area contributed by atoms with E-state index >= 15 is 0 Å². The fraction of sp³-hybridized carbons (Fsp3) is 0.533. The summed E-state index contributed by atoms with van der Waals surface area (Å²) in [6.07, 6.45) is 2.41. The van der Waals surface area contributed by atoms with Crippen molar-refractivity contribution in [2.24, 2.45) is 0 Å². The van der Waals surface area contributed by atoms with Gasteiger partial charge >= 0.3 is 0 Å². The van der Waals surface area contributed by atoms with Gasteiger partial charge in [-0.25, -0.2) is 0 Å². The van der Waals surface area contributed by atoms with E-state index < -0.39 is 0 Å². The zero-order valence-electron chi connectivity index (χ0n) is 11.6. The number of halogens is 1. The van der Waals surface area contributed by atoms with Crippen LogP contribution in [0, 0.1) is 11.3 Å². The first kappa shape index (κ1) is 16.0. The fourth-order valence-corrected chi connectivity index (χ4v) is 2.12. The summed E-state index contributed by atoms with van der Waals surface area (Å²) < 4.78 is 6.67. The number of benzene rings is 1. The van der Waals surface area contributed by atoms with Gasteiger partial charge in [-0.2, -0.15) is 5.26 Å². The molecule has 0 aliphatic carbocycles. The van der Waals surface area contributed by atoms with Gasteiger partial charge in [0.2, 0.25) is 0 Å². The van der Waals surface area contributed by atoms with Gasteiger partial charge in [-0.3, -0.25) is 0 Å². The molecule has 0 bridgehead atoms. The van der Waals surface area contributed by atoms with Crippen LogP contribution in [-0.4, -0.2) is 12.6 Å². The van der Waals surface area contributed by atoms with Crippen LogP contribution in [0.3, 0.4) is 0 Å². The van der Waals surface area contributed by atoms with Crippen molar-refractivity contribution in [3.8, 4) is 11.8 Å². The molecule has 0 aliphatic rings. The molecule has 19 heavy (non-hydrogen) atoms. The van der Waals surface area contributed by atoms with E-state index in [0.717, 1.165) is 29.6 Å². The Morgan fingerprint density at radius 3 is 2.79 bits per heavy atom. The Morgan fingerprint density at radius 1 is 1.37 bits per heavy atom. The van der Waals surface area contributed by atoms with Crippen LogP contribution in [0.5, 0.6) is 5.75 Å². The molecule has 0 aromatic heterocycles.